The summed E-state index contributed by atoms with van der Waals surface area (Å²) in [4.78, 5) is 23.4. The Morgan fingerprint density at radius 2 is 1.76 bits per heavy atom. The number of hydrogen-bond acceptors (Lipinski definition) is 3. The molecule has 0 heterocycles. The number of rotatable bonds is 4. The molecule has 3 nitrogen and oxygen atoms in total. The van der Waals surface area contributed by atoms with Crippen molar-refractivity contribution in [2.75, 3.05) is 0 Å². The maximum atomic E-state index is 12.3. The van der Waals surface area contributed by atoms with Crippen molar-refractivity contribution >= 4 is 12.3 Å². The van der Waals surface area contributed by atoms with E-state index in [9.17, 15) is 9.59 Å². The molecular formula is C18H20O3. The number of carbonyl (C=O) groups is 2. The van der Waals surface area contributed by atoms with E-state index in [1.807, 2.05) is 30.3 Å². The summed E-state index contributed by atoms with van der Waals surface area (Å²) in [5.41, 5.74) is 1.05. The van der Waals surface area contributed by atoms with Crippen molar-refractivity contribution in [1.29, 1.82) is 0 Å². The maximum absolute atomic E-state index is 12.3. The van der Waals surface area contributed by atoms with E-state index < -0.39 is 0 Å². The molecule has 4 aliphatic carbocycles. The first-order valence-corrected chi connectivity index (χ1v) is 7.90. The first-order valence-electron chi connectivity index (χ1n) is 7.90. The topological polar surface area (TPSA) is 43.4 Å². The average Bonchev–Trinajstić information content (AvgIpc) is 2.50. The zero-order chi connectivity index (χ0) is 14.4. The van der Waals surface area contributed by atoms with Crippen LogP contribution in [0.25, 0.3) is 0 Å². The van der Waals surface area contributed by atoms with Crippen LogP contribution in [0.5, 0.6) is 0 Å². The summed E-state index contributed by atoms with van der Waals surface area (Å²) in [6.45, 7) is 0.581. The summed E-state index contributed by atoms with van der Waals surface area (Å²) in [6, 6.07) is 10.0. The number of ether oxygens (including phenoxy) is 1. The van der Waals surface area contributed by atoms with E-state index in [2.05, 4.69) is 0 Å². The van der Waals surface area contributed by atoms with Crippen LogP contribution in [0.1, 0.15) is 43.8 Å². The molecule has 0 amide bonds. The number of hydrogen-bond donors (Lipinski definition) is 0. The van der Waals surface area contributed by atoms with Gasteiger partial charge in [0.25, 0.3) is 6.47 Å². The van der Waals surface area contributed by atoms with Gasteiger partial charge in [-0.3, -0.25) is 9.59 Å². The molecule has 0 radical (unpaired) electrons. The van der Waals surface area contributed by atoms with Gasteiger partial charge >= 0.3 is 0 Å². The van der Waals surface area contributed by atoms with E-state index in [0.717, 1.165) is 37.7 Å². The Kier molecular flexibility index (Phi) is 2.91. The monoisotopic (exact) mass is 284 g/mol. The molecule has 4 saturated carbocycles. The smallest absolute Gasteiger partial charge is 0.293 e. The fourth-order valence-electron chi connectivity index (χ4n) is 5.39. The van der Waals surface area contributed by atoms with Crippen molar-refractivity contribution in [1.82, 2.24) is 0 Å². The molecule has 3 atom stereocenters. The Balaban J connectivity index is 1.73. The zero-order valence-corrected chi connectivity index (χ0v) is 12.0. The minimum absolute atomic E-state index is 0.0212. The van der Waals surface area contributed by atoms with Gasteiger partial charge in [-0.05, 0) is 43.6 Å². The lowest BCUT2D eigenvalue weighted by Gasteiger charge is -2.57. The molecule has 0 aromatic heterocycles. The summed E-state index contributed by atoms with van der Waals surface area (Å²) in [5, 5.41) is 0. The van der Waals surface area contributed by atoms with Crippen LogP contribution in [0.4, 0.5) is 0 Å². The van der Waals surface area contributed by atoms with Gasteiger partial charge in [0.15, 0.2) is 0 Å². The molecule has 3 unspecified atom stereocenters. The zero-order valence-electron chi connectivity index (χ0n) is 12.0. The van der Waals surface area contributed by atoms with E-state index in [0.29, 0.717) is 18.2 Å². The second-order valence-electron chi connectivity index (χ2n) is 7.13. The predicted octanol–water partition coefficient (Wildman–Crippen LogP) is 3.30. The van der Waals surface area contributed by atoms with Crippen molar-refractivity contribution < 1.29 is 14.3 Å². The van der Waals surface area contributed by atoms with Gasteiger partial charge in [0, 0.05) is 17.3 Å². The third-order valence-corrected chi connectivity index (χ3v) is 5.89. The number of ketones is 1. The van der Waals surface area contributed by atoms with Crippen molar-refractivity contribution in [2.24, 2.45) is 23.2 Å². The Hall–Kier alpha value is -1.64. The number of carbonyl (C=O) groups excluding carboxylic acids is 2. The van der Waals surface area contributed by atoms with Gasteiger partial charge in [0.2, 0.25) is 0 Å². The lowest BCUT2D eigenvalue weighted by Crippen LogP contribution is -2.53. The van der Waals surface area contributed by atoms with Crippen molar-refractivity contribution in [3.05, 3.63) is 35.9 Å². The van der Waals surface area contributed by atoms with Gasteiger partial charge in [-0.15, -0.1) is 0 Å². The van der Waals surface area contributed by atoms with Crippen LogP contribution < -0.4 is 0 Å². The lowest BCUT2D eigenvalue weighted by molar-refractivity contribution is -0.170. The summed E-state index contributed by atoms with van der Waals surface area (Å²) in [6.07, 6.45) is 4.80. The SMILES string of the molecule is O=COC(c1ccccc1)C12CC3CC(C1)C(=O)C(C3)C2. The molecule has 1 aromatic rings. The quantitative estimate of drug-likeness (QED) is 0.797. The largest absolute Gasteiger partial charge is 0.459 e. The Morgan fingerprint density at radius 3 is 2.38 bits per heavy atom. The van der Waals surface area contributed by atoms with Crippen LogP contribution in [0.3, 0.4) is 0 Å². The molecule has 3 heteroatoms. The number of Topliss-reactive ketones (excluding diaryl/α,β-unsaturated/α-hetero) is 1. The van der Waals surface area contributed by atoms with Crippen molar-refractivity contribution in [2.45, 2.75) is 38.2 Å². The first kappa shape index (κ1) is 13.1. The van der Waals surface area contributed by atoms with Crippen LogP contribution in [-0.4, -0.2) is 12.3 Å². The molecular weight excluding hydrogens is 264 g/mol. The molecule has 0 saturated heterocycles. The van der Waals surface area contributed by atoms with E-state index in [-0.39, 0.29) is 23.4 Å². The van der Waals surface area contributed by atoms with Gasteiger partial charge < -0.3 is 4.74 Å². The molecule has 1 aromatic carbocycles. The highest BCUT2D eigenvalue weighted by Gasteiger charge is 2.58. The standard InChI is InChI=1S/C18H20O3/c19-11-21-17(13-4-2-1-3-5-13)18-8-12-6-14(9-18)16(20)15(7-12)10-18/h1-5,11-12,14-15,17H,6-10H2. The minimum atomic E-state index is -0.197. The fourth-order valence-corrected chi connectivity index (χ4v) is 5.39. The van der Waals surface area contributed by atoms with Gasteiger partial charge in [-0.25, -0.2) is 0 Å². The highest BCUT2D eigenvalue weighted by Crippen LogP contribution is 2.63. The summed E-state index contributed by atoms with van der Waals surface area (Å²) >= 11 is 0. The van der Waals surface area contributed by atoms with Crippen LogP contribution in [0.2, 0.25) is 0 Å². The molecule has 4 bridgehead atoms. The minimum Gasteiger partial charge on any atom is -0.459 e. The second-order valence-corrected chi connectivity index (χ2v) is 7.13. The number of benzene rings is 1. The highest BCUT2D eigenvalue weighted by atomic mass is 16.5. The van der Waals surface area contributed by atoms with Gasteiger partial charge in [0.05, 0.1) is 0 Å². The normalized spacial score (nSPS) is 38.3. The first-order chi connectivity index (χ1) is 10.2. The molecule has 0 spiro atoms. The fraction of sp³-hybridized carbons (Fsp3) is 0.556. The van der Waals surface area contributed by atoms with Crippen LogP contribution in [-0.2, 0) is 14.3 Å². The maximum Gasteiger partial charge on any atom is 0.293 e. The molecule has 0 N–H and O–H groups in total. The summed E-state index contributed by atoms with van der Waals surface area (Å²) in [7, 11) is 0. The third kappa shape index (κ3) is 1.94. The van der Waals surface area contributed by atoms with Crippen LogP contribution in [0.15, 0.2) is 30.3 Å². The summed E-state index contributed by atoms with van der Waals surface area (Å²) in [5.74, 6) is 1.52. The van der Waals surface area contributed by atoms with Crippen molar-refractivity contribution in [3.8, 4) is 0 Å². The van der Waals surface area contributed by atoms with E-state index in [4.69, 9.17) is 4.74 Å². The second kappa shape index (κ2) is 4.69. The van der Waals surface area contributed by atoms with Gasteiger partial charge in [-0.1, -0.05) is 30.3 Å². The summed E-state index contributed by atoms with van der Waals surface area (Å²) < 4.78 is 5.56. The lowest BCUT2D eigenvalue weighted by atomic mass is 9.47. The Morgan fingerprint density at radius 1 is 1.10 bits per heavy atom. The van der Waals surface area contributed by atoms with E-state index >= 15 is 0 Å². The van der Waals surface area contributed by atoms with Crippen molar-refractivity contribution in [3.63, 3.8) is 0 Å². The molecule has 4 fully saturated rings. The Bertz CT molecular complexity index is 547. The van der Waals surface area contributed by atoms with Gasteiger partial charge in [0.1, 0.15) is 11.9 Å². The van der Waals surface area contributed by atoms with E-state index in [1.165, 1.54) is 0 Å². The highest BCUT2D eigenvalue weighted by molar-refractivity contribution is 5.85. The average molecular weight is 284 g/mol. The van der Waals surface area contributed by atoms with Crippen LogP contribution in [0, 0.1) is 23.2 Å². The third-order valence-electron chi connectivity index (χ3n) is 5.89. The molecule has 21 heavy (non-hydrogen) atoms. The van der Waals surface area contributed by atoms with Gasteiger partial charge in [-0.2, -0.15) is 0 Å². The Labute approximate surface area is 124 Å². The van der Waals surface area contributed by atoms with Crippen LogP contribution >= 0.6 is 0 Å². The molecule has 110 valence electrons. The molecule has 0 aliphatic heterocycles. The van der Waals surface area contributed by atoms with E-state index in [1.54, 1.807) is 0 Å². The molecule has 4 aliphatic rings. The predicted molar refractivity (Wildman–Crippen MR) is 77.3 cm³/mol. The molecule has 5 rings (SSSR count).